The first-order valence-corrected chi connectivity index (χ1v) is 4.24. The molecule has 1 aromatic carbocycles. The summed E-state index contributed by atoms with van der Waals surface area (Å²) in [6, 6.07) is 7.17. The number of rotatable bonds is 3. The van der Waals surface area contributed by atoms with Crippen LogP contribution in [0.4, 0.5) is 0 Å². The summed E-state index contributed by atoms with van der Waals surface area (Å²) in [4.78, 5) is 10.3. The molecule has 0 heterocycles. The fourth-order valence-electron chi connectivity index (χ4n) is 1.10. The Hall–Kier alpha value is -1.84. The van der Waals surface area contributed by atoms with E-state index in [1.807, 2.05) is 19.1 Å². The molecule has 0 fully saturated rings. The highest BCUT2D eigenvalue weighted by molar-refractivity contribution is 5.58. The molecule has 0 aromatic heterocycles. The number of nitro groups is 1. The Labute approximate surface area is 82.4 Å². The van der Waals surface area contributed by atoms with Gasteiger partial charge < -0.3 is 5.32 Å². The number of nitrogens with one attached hydrogen (secondary N) is 1. The maximum atomic E-state index is 10.7. The Kier molecular flexibility index (Phi) is 3.23. The molecule has 0 aliphatic rings. The maximum Gasteiger partial charge on any atom is 0.292 e. The van der Waals surface area contributed by atoms with Crippen molar-refractivity contribution in [3.63, 3.8) is 0 Å². The van der Waals surface area contributed by atoms with Crippen LogP contribution in [0, 0.1) is 17.0 Å². The zero-order valence-corrected chi connectivity index (χ0v) is 8.15. The average Bonchev–Trinajstić information content (AvgIpc) is 2.15. The van der Waals surface area contributed by atoms with Crippen molar-refractivity contribution in [1.82, 2.24) is 5.32 Å². The van der Waals surface area contributed by atoms with Gasteiger partial charge in [-0.2, -0.15) is 0 Å². The van der Waals surface area contributed by atoms with E-state index in [-0.39, 0.29) is 5.70 Å². The summed E-state index contributed by atoms with van der Waals surface area (Å²) >= 11 is 0. The normalized spacial score (nSPS) is 11.1. The Morgan fingerprint density at radius 2 is 2.00 bits per heavy atom. The van der Waals surface area contributed by atoms with E-state index in [9.17, 15) is 10.1 Å². The average molecular weight is 192 g/mol. The van der Waals surface area contributed by atoms with Crippen LogP contribution >= 0.6 is 0 Å². The SMILES string of the molecule is CN/C=C(\c1ccc(C)cc1)[N+](=O)[O-]. The summed E-state index contributed by atoms with van der Waals surface area (Å²) < 4.78 is 0. The minimum Gasteiger partial charge on any atom is -0.388 e. The highest BCUT2D eigenvalue weighted by Gasteiger charge is 2.12. The van der Waals surface area contributed by atoms with Crippen LogP contribution in [0.2, 0.25) is 0 Å². The molecule has 1 rings (SSSR count). The first kappa shape index (κ1) is 10.2. The van der Waals surface area contributed by atoms with Gasteiger partial charge in [-0.05, 0) is 19.1 Å². The molecule has 0 unspecified atom stereocenters. The van der Waals surface area contributed by atoms with Gasteiger partial charge in [-0.3, -0.25) is 10.1 Å². The molecule has 0 aliphatic heterocycles. The first-order valence-electron chi connectivity index (χ1n) is 4.24. The van der Waals surface area contributed by atoms with Crippen LogP contribution in [0.1, 0.15) is 11.1 Å². The van der Waals surface area contributed by atoms with Crippen molar-refractivity contribution < 1.29 is 4.92 Å². The topological polar surface area (TPSA) is 55.2 Å². The third-order valence-corrected chi connectivity index (χ3v) is 1.83. The summed E-state index contributed by atoms with van der Waals surface area (Å²) in [6.45, 7) is 1.94. The molecule has 0 aliphatic carbocycles. The minimum absolute atomic E-state index is 0.0764. The van der Waals surface area contributed by atoms with Gasteiger partial charge in [-0.25, -0.2) is 0 Å². The lowest BCUT2D eigenvalue weighted by Crippen LogP contribution is -2.03. The van der Waals surface area contributed by atoms with Crippen molar-refractivity contribution in [1.29, 1.82) is 0 Å². The molecule has 1 aromatic rings. The maximum absolute atomic E-state index is 10.7. The zero-order chi connectivity index (χ0) is 10.6. The molecule has 1 N–H and O–H groups in total. The van der Waals surface area contributed by atoms with Gasteiger partial charge in [0.05, 0.1) is 16.7 Å². The second-order valence-electron chi connectivity index (χ2n) is 2.94. The lowest BCUT2D eigenvalue weighted by atomic mass is 10.1. The van der Waals surface area contributed by atoms with E-state index in [2.05, 4.69) is 5.32 Å². The molecule has 0 atom stereocenters. The summed E-state index contributed by atoms with van der Waals surface area (Å²) in [5, 5.41) is 13.3. The van der Waals surface area contributed by atoms with E-state index < -0.39 is 4.92 Å². The molecule has 74 valence electrons. The lowest BCUT2D eigenvalue weighted by molar-refractivity contribution is -0.375. The van der Waals surface area contributed by atoms with Gasteiger partial charge >= 0.3 is 0 Å². The van der Waals surface area contributed by atoms with Crippen LogP contribution in [-0.4, -0.2) is 12.0 Å². The van der Waals surface area contributed by atoms with Gasteiger partial charge in [0.1, 0.15) is 0 Å². The first-order chi connectivity index (χ1) is 6.65. The quantitative estimate of drug-likeness (QED) is 0.586. The Balaban J connectivity index is 3.06. The molecular formula is C10H12N2O2. The van der Waals surface area contributed by atoms with E-state index in [1.165, 1.54) is 6.20 Å². The second kappa shape index (κ2) is 4.41. The van der Waals surface area contributed by atoms with Crippen molar-refractivity contribution in [2.24, 2.45) is 0 Å². The van der Waals surface area contributed by atoms with E-state index in [4.69, 9.17) is 0 Å². The largest absolute Gasteiger partial charge is 0.388 e. The number of nitrogens with zero attached hydrogens (tertiary/aromatic N) is 1. The zero-order valence-electron chi connectivity index (χ0n) is 8.15. The number of hydrogen-bond donors (Lipinski definition) is 1. The smallest absolute Gasteiger partial charge is 0.292 e. The fourth-order valence-corrected chi connectivity index (χ4v) is 1.10. The molecule has 0 amide bonds. The third-order valence-electron chi connectivity index (χ3n) is 1.83. The molecule has 0 spiro atoms. The van der Waals surface area contributed by atoms with E-state index in [0.29, 0.717) is 5.56 Å². The van der Waals surface area contributed by atoms with E-state index >= 15 is 0 Å². The highest BCUT2D eigenvalue weighted by atomic mass is 16.6. The molecule has 0 bridgehead atoms. The second-order valence-corrected chi connectivity index (χ2v) is 2.94. The standard InChI is InChI=1S/C10H12N2O2/c1-8-3-5-9(6-4-8)10(7-11-2)12(13)14/h3-7,11H,1-2H3/b10-7+. The van der Waals surface area contributed by atoms with Crippen LogP contribution in [-0.2, 0) is 0 Å². The van der Waals surface area contributed by atoms with Crippen molar-refractivity contribution in [3.8, 4) is 0 Å². The van der Waals surface area contributed by atoms with Crippen LogP contribution in [0.3, 0.4) is 0 Å². The van der Waals surface area contributed by atoms with Gasteiger partial charge in [-0.1, -0.05) is 17.7 Å². The number of hydrogen-bond acceptors (Lipinski definition) is 3. The van der Waals surface area contributed by atoms with Crippen molar-refractivity contribution in [3.05, 3.63) is 51.7 Å². The Morgan fingerprint density at radius 1 is 1.43 bits per heavy atom. The highest BCUT2D eigenvalue weighted by Crippen LogP contribution is 2.14. The molecule has 4 heteroatoms. The molecule has 0 saturated heterocycles. The van der Waals surface area contributed by atoms with Crippen molar-refractivity contribution in [2.75, 3.05) is 7.05 Å². The van der Waals surface area contributed by atoms with Crippen LogP contribution in [0.5, 0.6) is 0 Å². The predicted octanol–water partition coefficient (Wildman–Crippen LogP) is 1.79. The Bertz CT molecular complexity index is 355. The monoisotopic (exact) mass is 192 g/mol. The summed E-state index contributed by atoms with van der Waals surface area (Å²) in [7, 11) is 1.64. The molecule has 4 nitrogen and oxygen atoms in total. The minimum atomic E-state index is -0.402. The van der Waals surface area contributed by atoms with Gasteiger partial charge in [0.15, 0.2) is 0 Å². The predicted molar refractivity (Wildman–Crippen MR) is 55.2 cm³/mol. The molecule has 0 radical (unpaired) electrons. The lowest BCUT2D eigenvalue weighted by Gasteiger charge is -1.99. The number of aryl methyl sites for hydroxylation is 1. The number of benzene rings is 1. The van der Waals surface area contributed by atoms with Gasteiger partial charge in [-0.15, -0.1) is 0 Å². The van der Waals surface area contributed by atoms with Crippen molar-refractivity contribution in [2.45, 2.75) is 6.92 Å². The van der Waals surface area contributed by atoms with E-state index in [1.54, 1.807) is 19.2 Å². The summed E-state index contributed by atoms with van der Waals surface area (Å²) in [6.07, 6.45) is 1.38. The fraction of sp³-hybridized carbons (Fsp3) is 0.200. The summed E-state index contributed by atoms with van der Waals surface area (Å²) in [5.74, 6) is 0. The Morgan fingerprint density at radius 3 is 2.43 bits per heavy atom. The molecular weight excluding hydrogens is 180 g/mol. The van der Waals surface area contributed by atoms with Crippen LogP contribution in [0.25, 0.3) is 5.70 Å². The molecule has 14 heavy (non-hydrogen) atoms. The van der Waals surface area contributed by atoms with E-state index in [0.717, 1.165) is 5.56 Å². The van der Waals surface area contributed by atoms with Gasteiger partial charge in [0.2, 0.25) is 0 Å². The van der Waals surface area contributed by atoms with Crippen LogP contribution < -0.4 is 5.32 Å². The van der Waals surface area contributed by atoms with Crippen molar-refractivity contribution >= 4 is 5.70 Å². The third kappa shape index (κ3) is 2.32. The van der Waals surface area contributed by atoms with Gasteiger partial charge in [0.25, 0.3) is 5.70 Å². The van der Waals surface area contributed by atoms with Crippen LogP contribution in [0.15, 0.2) is 30.5 Å². The molecule has 0 saturated carbocycles. The summed E-state index contributed by atoms with van der Waals surface area (Å²) in [5.41, 5.74) is 1.77. The van der Waals surface area contributed by atoms with Gasteiger partial charge in [0, 0.05) is 7.05 Å².